The van der Waals surface area contributed by atoms with Gasteiger partial charge in [-0.2, -0.15) is 5.10 Å². The van der Waals surface area contributed by atoms with E-state index in [0.717, 1.165) is 35.7 Å². The van der Waals surface area contributed by atoms with E-state index in [9.17, 15) is 4.79 Å². The Morgan fingerprint density at radius 1 is 1.30 bits per heavy atom. The van der Waals surface area contributed by atoms with Crippen molar-refractivity contribution in [3.8, 4) is 0 Å². The Kier molecular flexibility index (Phi) is 4.17. The zero-order chi connectivity index (χ0) is 14.7. The number of aryl methyl sites for hydroxylation is 3. The first-order valence-corrected chi connectivity index (χ1v) is 6.81. The maximum Gasteiger partial charge on any atom is 0.257 e. The molecule has 1 amide bonds. The zero-order valence-electron chi connectivity index (χ0n) is 12.4. The van der Waals surface area contributed by atoms with E-state index in [1.54, 1.807) is 18.3 Å². The van der Waals surface area contributed by atoms with Crippen molar-refractivity contribution in [1.82, 2.24) is 14.8 Å². The van der Waals surface area contributed by atoms with E-state index < -0.39 is 0 Å². The summed E-state index contributed by atoms with van der Waals surface area (Å²) in [7, 11) is 0. The van der Waals surface area contributed by atoms with Crippen molar-refractivity contribution in [2.75, 3.05) is 5.32 Å². The van der Waals surface area contributed by atoms with Gasteiger partial charge in [0.25, 0.3) is 5.91 Å². The molecule has 106 valence electrons. The van der Waals surface area contributed by atoms with Crippen LogP contribution in [0.15, 0.2) is 18.3 Å². The maximum atomic E-state index is 12.3. The van der Waals surface area contributed by atoms with E-state index in [2.05, 4.69) is 22.3 Å². The Bertz CT molecular complexity index is 631. The average Bonchev–Trinajstić information content (AvgIpc) is 2.67. The molecule has 0 bridgehead atoms. The number of aromatic nitrogens is 3. The topological polar surface area (TPSA) is 59.8 Å². The molecule has 2 heterocycles. The van der Waals surface area contributed by atoms with Gasteiger partial charge in [0, 0.05) is 18.4 Å². The number of hydrogen-bond donors (Lipinski definition) is 1. The first kappa shape index (κ1) is 14.2. The van der Waals surface area contributed by atoms with Crippen molar-refractivity contribution in [3.05, 3.63) is 41.0 Å². The van der Waals surface area contributed by atoms with Crippen LogP contribution in [0, 0.1) is 20.8 Å². The molecule has 0 unspecified atom stereocenters. The Labute approximate surface area is 119 Å². The minimum Gasteiger partial charge on any atom is -0.319 e. The van der Waals surface area contributed by atoms with Crippen molar-refractivity contribution in [2.24, 2.45) is 0 Å². The second-order valence-corrected chi connectivity index (χ2v) is 4.86. The lowest BCUT2D eigenvalue weighted by molar-refractivity contribution is 0.102. The smallest absolute Gasteiger partial charge is 0.257 e. The molecular weight excluding hydrogens is 252 g/mol. The van der Waals surface area contributed by atoms with Crippen LogP contribution in [0.25, 0.3) is 0 Å². The van der Waals surface area contributed by atoms with Crippen LogP contribution < -0.4 is 5.32 Å². The van der Waals surface area contributed by atoms with Crippen LogP contribution in [0.1, 0.15) is 40.8 Å². The number of pyridine rings is 1. The van der Waals surface area contributed by atoms with Gasteiger partial charge in [0.2, 0.25) is 0 Å². The van der Waals surface area contributed by atoms with E-state index in [-0.39, 0.29) is 5.91 Å². The number of rotatable bonds is 4. The van der Waals surface area contributed by atoms with Gasteiger partial charge in [0.15, 0.2) is 0 Å². The molecule has 0 fully saturated rings. The summed E-state index contributed by atoms with van der Waals surface area (Å²) < 4.78 is 1.93. The molecule has 0 aliphatic carbocycles. The van der Waals surface area contributed by atoms with Crippen LogP contribution in [0.4, 0.5) is 5.69 Å². The van der Waals surface area contributed by atoms with Crippen LogP contribution in [-0.4, -0.2) is 20.7 Å². The Hall–Kier alpha value is -2.17. The summed E-state index contributed by atoms with van der Waals surface area (Å²) in [5, 5.41) is 7.41. The Balaban J connectivity index is 2.27. The van der Waals surface area contributed by atoms with Crippen LogP contribution in [0.3, 0.4) is 0 Å². The van der Waals surface area contributed by atoms with Gasteiger partial charge in [-0.25, -0.2) is 0 Å². The minimum absolute atomic E-state index is 0.141. The molecule has 2 rings (SSSR count). The fourth-order valence-electron chi connectivity index (χ4n) is 2.21. The lowest BCUT2D eigenvalue weighted by Gasteiger charge is -2.08. The van der Waals surface area contributed by atoms with Crippen molar-refractivity contribution in [3.63, 3.8) is 0 Å². The molecule has 0 saturated carbocycles. The summed E-state index contributed by atoms with van der Waals surface area (Å²) in [6.45, 7) is 8.67. The Morgan fingerprint density at radius 2 is 2.05 bits per heavy atom. The lowest BCUT2D eigenvalue weighted by Crippen LogP contribution is -2.15. The SMILES string of the molecule is CCCn1nc(C)c(NC(=O)c2cccnc2C)c1C. The first-order chi connectivity index (χ1) is 9.54. The second-order valence-electron chi connectivity index (χ2n) is 4.86. The first-order valence-electron chi connectivity index (χ1n) is 6.81. The minimum atomic E-state index is -0.141. The number of amides is 1. The van der Waals surface area contributed by atoms with Gasteiger partial charge in [-0.1, -0.05) is 6.92 Å². The molecular formula is C15H20N4O. The molecule has 0 spiro atoms. The molecule has 0 atom stereocenters. The quantitative estimate of drug-likeness (QED) is 0.931. The summed E-state index contributed by atoms with van der Waals surface area (Å²) in [4.78, 5) is 16.5. The van der Waals surface area contributed by atoms with Gasteiger partial charge in [-0.05, 0) is 39.3 Å². The summed E-state index contributed by atoms with van der Waals surface area (Å²) in [5.41, 5.74) is 3.94. The average molecular weight is 272 g/mol. The van der Waals surface area contributed by atoms with E-state index in [1.165, 1.54) is 0 Å². The molecule has 2 aromatic heterocycles. The third kappa shape index (κ3) is 2.71. The number of nitrogens with one attached hydrogen (secondary N) is 1. The van der Waals surface area contributed by atoms with Crippen LogP contribution in [0.2, 0.25) is 0 Å². The van der Waals surface area contributed by atoms with Crippen LogP contribution in [-0.2, 0) is 6.54 Å². The number of carbonyl (C=O) groups excluding carboxylic acids is 1. The van der Waals surface area contributed by atoms with Gasteiger partial charge in [0.05, 0.1) is 22.6 Å². The highest BCUT2D eigenvalue weighted by Gasteiger charge is 2.16. The van der Waals surface area contributed by atoms with Gasteiger partial charge >= 0.3 is 0 Å². The predicted molar refractivity (Wildman–Crippen MR) is 78.9 cm³/mol. The summed E-state index contributed by atoms with van der Waals surface area (Å²) in [5.74, 6) is -0.141. The van der Waals surface area contributed by atoms with Gasteiger partial charge < -0.3 is 5.32 Å². The predicted octanol–water partition coefficient (Wildman–Crippen LogP) is 2.87. The fourth-order valence-corrected chi connectivity index (χ4v) is 2.21. The molecule has 20 heavy (non-hydrogen) atoms. The summed E-state index contributed by atoms with van der Waals surface area (Å²) >= 11 is 0. The second kappa shape index (κ2) is 5.86. The standard InChI is InChI=1S/C15H20N4O/c1-5-9-19-12(4)14(11(3)18-19)17-15(20)13-7-6-8-16-10(13)2/h6-8H,5,9H2,1-4H3,(H,17,20). The van der Waals surface area contributed by atoms with E-state index in [1.807, 2.05) is 25.5 Å². The number of anilines is 1. The molecule has 5 heteroatoms. The van der Waals surface area contributed by atoms with Crippen LogP contribution in [0.5, 0.6) is 0 Å². The third-order valence-corrected chi connectivity index (χ3v) is 3.31. The molecule has 1 N–H and O–H groups in total. The van der Waals surface area contributed by atoms with Gasteiger partial charge in [-0.3, -0.25) is 14.5 Å². The highest BCUT2D eigenvalue weighted by molar-refractivity contribution is 6.05. The van der Waals surface area contributed by atoms with Gasteiger partial charge in [-0.15, -0.1) is 0 Å². The number of hydrogen-bond acceptors (Lipinski definition) is 3. The largest absolute Gasteiger partial charge is 0.319 e. The van der Waals surface area contributed by atoms with Crippen molar-refractivity contribution in [2.45, 2.75) is 40.7 Å². The zero-order valence-corrected chi connectivity index (χ0v) is 12.4. The van der Waals surface area contributed by atoms with Crippen molar-refractivity contribution < 1.29 is 4.79 Å². The van der Waals surface area contributed by atoms with E-state index >= 15 is 0 Å². The highest BCUT2D eigenvalue weighted by atomic mass is 16.1. The molecule has 0 aromatic carbocycles. The lowest BCUT2D eigenvalue weighted by atomic mass is 10.2. The Morgan fingerprint density at radius 3 is 2.70 bits per heavy atom. The maximum absolute atomic E-state index is 12.3. The van der Waals surface area contributed by atoms with Crippen molar-refractivity contribution in [1.29, 1.82) is 0 Å². The highest BCUT2D eigenvalue weighted by Crippen LogP contribution is 2.20. The normalized spacial score (nSPS) is 10.6. The summed E-state index contributed by atoms with van der Waals surface area (Å²) in [6, 6.07) is 3.54. The van der Waals surface area contributed by atoms with E-state index in [0.29, 0.717) is 5.56 Å². The molecule has 5 nitrogen and oxygen atoms in total. The van der Waals surface area contributed by atoms with Gasteiger partial charge in [0.1, 0.15) is 0 Å². The van der Waals surface area contributed by atoms with Crippen molar-refractivity contribution >= 4 is 11.6 Å². The molecule has 2 aromatic rings. The number of carbonyl (C=O) groups is 1. The number of nitrogens with zero attached hydrogens (tertiary/aromatic N) is 3. The third-order valence-electron chi connectivity index (χ3n) is 3.31. The van der Waals surface area contributed by atoms with E-state index in [4.69, 9.17) is 0 Å². The van der Waals surface area contributed by atoms with Crippen LogP contribution >= 0.6 is 0 Å². The molecule has 0 radical (unpaired) electrons. The molecule has 0 saturated heterocycles. The summed E-state index contributed by atoms with van der Waals surface area (Å²) in [6.07, 6.45) is 2.69. The monoisotopic (exact) mass is 272 g/mol. The molecule has 0 aliphatic rings. The fraction of sp³-hybridized carbons (Fsp3) is 0.400. The molecule has 0 aliphatic heterocycles.